The van der Waals surface area contributed by atoms with Gasteiger partial charge in [-0.25, -0.2) is 4.98 Å². The molecule has 1 aromatic carbocycles. The van der Waals surface area contributed by atoms with E-state index in [0.717, 1.165) is 50.3 Å². The molecule has 0 radical (unpaired) electrons. The Labute approximate surface area is 176 Å². The quantitative estimate of drug-likeness (QED) is 0.751. The van der Waals surface area contributed by atoms with Crippen molar-refractivity contribution in [2.75, 3.05) is 45.2 Å². The lowest BCUT2D eigenvalue weighted by Crippen LogP contribution is -2.37. The van der Waals surface area contributed by atoms with Gasteiger partial charge in [0.1, 0.15) is 24.3 Å². The summed E-state index contributed by atoms with van der Waals surface area (Å²) in [4.78, 5) is 6.47. The van der Waals surface area contributed by atoms with E-state index in [1.807, 2.05) is 18.2 Å². The topological polar surface area (TPSA) is 80.8 Å². The number of hydrogen-bond donors (Lipinski definition) is 2. The van der Waals surface area contributed by atoms with E-state index in [1.165, 1.54) is 6.42 Å². The highest BCUT2D eigenvalue weighted by molar-refractivity contribution is 6.31. The minimum Gasteiger partial charge on any atom is -0.491 e. The van der Waals surface area contributed by atoms with Crippen molar-refractivity contribution in [3.63, 3.8) is 0 Å². The second-order valence-corrected chi connectivity index (χ2v) is 8.65. The Hall–Kier alpha value is -1.86. The van der Waals surface area contributed by atoms with Crippen molar-refractivity contribution in [3.8, 4) is 16.9 Å². The molecule has 2 saturated heterocycles. The first-order valence-corrected chi connectivity index (χ1v) is 10.5. The zero-order valence-corrected chi connectivity index (χ0v) is 17.3. The van der Waals surface area contributed by atoms with Gasteiger partial charge in [0.05, 0.1) is 0 Å². The Balaban J connectivity index is 1.32. The molecule has 2 aliphatic rings. The number of aliphatic hydroxyl groups excluding tert-OH is 1. The Morgan fingerprint density at radius 1 is 1.21 bits per heavy atom. The summed E-state index contributed by atoms with van der Waals surface area (Å²) in [6.07, 6.45) is 4.60. The van der Waals surface area contributed by atoms with Crippen LogP contribution in [0, 0.1) is 5.41 Å². The van der Waals surface area contributed by atoms with E-state index in [-0.39, 0.29) is 6.61 Å². The number of halogens is 1. The number of aromatic nitrogens is 1. The van der Waals surface area contributed by atoms with Crippen molar-refractivity contribution in [1.29, 1.82) is 0 Å². The van der Waals surface area contributed by atoms with Gasteiger partial charge in [-0.3, -0.25) is 0 Å². The molecule has 7 heteroatoms. The van der Waals surface area contributed by atoms with Crippen molar-refractivity contribution in [2.45, 2.75) is 25.4 Å². The molecule has 0 amide bonds. The number of pyridine rings is 1. The number of nitrogens with two attached hydrogens (primary N) is 1. The number of nitrogens with zero attached hydrogens (tertiary/aromatic N) is 2. The van der Waals surface area contributed by atoms with Crippen LogP contribution in [0.15, 0.2) is 36.5 Å². The number of likely N-dealkylation sites (tertiary alicyclic amines) is 1. The van der Waals surface area contributed by atoms with E-state index >= 15 is 0 Å². The van der Waals surface area contributed by atoms with Crippen LogP contribution in [-0.4, -0.2) is 60.5 Å². The molecule has 2 aromatic rings. The molecule has 29 heavy (non-hydrogen) atoms. The van der Waals surface area contributed by atoms with Crippen LogP contribution in [0.4, 0.5) is 5.82 Å². The van der Waals surface area contributed by atoms with Crippen LogP contribution >= 0.6 is 11.6 Å². The maximum Gasteiger partial charge on any atom is 0.123 e. The van der Waals surface area contributed by atoms with Gasteiger partial charge in [-0.2, -0.15) is 0 Å². The maximum absolute atomic E-state index is 10.5. The molecule has 4 rings (SSSR count). The van der Waals surface area contributed by atoms with E-state index in [2.05, 4.69) is 9.88 Å². The van der Waals surface area contributed by atoms with Crippen molar-refractivity contribution in [2.24, 2.45) is 5.41 Å². The molecule has 3 N–H and O–H groups in total. The Bertz CT molecular complexity index is 825. The van der Waals surface area contributed by atoms with Gasteiger partial charge in [-0.15, -0.1) is 0 Å². The first kappa shape index (κ1) is 20.4. The van der Waals surface area contributed by atoms with Crippen LogP contribution < -0.4 is 10.5 Å². The number of nitrogen functional groups attached to an aromatic ring is 1. The number of β-amino-alcohol motifs (C(OH)–C–C–N with tert-alkyl or cyclic N) is 1. The average Bonchev–Trinajstić information content (AvgIpc) is 3.08. The molecule has 0 saturated carbocycles. The summed E-state index contributed by atoms with van der Waals surface area (Å²) < 4.78 is 11.4. The summed E-state index contributed by atoms with van der Waals surface area (Å²) in [6, 6.07) is 9.16. The van der Waals surface area contributed by atoms with Gasteiger partial charge in [-0.1, -0.05) is 11.6 Å². The second kappa shape index (κ2) is 8.88. The minimum absolute atomic E-state index is 0.229. The van der Waals surface area contributed by atoms with Gasteiger partial charge in [-0.05, 0) is 67.1 Å². The SMILES string of the molecule is Nc1ccc(-c2cc(Cl)cc(OCC(O)CN3CCC4(CCOCC4)C3)c2)cn1. The molecule has 0 aliphatic carbocycles. The molecular weight excluding hydrogens is 390 g/mol. The second-order valence-electron chi connectivity index (χ2n) is 8.21. The molecule has 2 aliphatic heterocycles. The fraction of sp³-hybridized carbons (Fsp3) is 0.500. The maximum atomic E-state index is 10.5. The fourth-order valence-corrected chi connectivity index (χ4v) is 4.55. The largest absolute Gasteiger partial charge is 0.491 e. The molecule has 6 nitrogen and oxygen atoms in total. The van der Waals surface area contributed by atoms with E-state index in [9.17, 15) is 5.11 Å². The fourth-order valence-electron chi connectivity index (χ4n) is 4.33. The van der Waals surface area contributed by atoms with E-state index in [4.69, 9.17) is 26.8 Å². The minimum atomic E-state index is -0.550. The standard InChI is InChI=1S/C22H28ClN3O3/c23-18-9-17(16-1-2-21(24)25-12-16)10-20(11-18)29-14-19(27)13-26-6-3-22(15-26)4-7-28-8-5-22/h1-2,9-12,19,27H,3-8,13-15H2,(H2,24,25). The zero-order chi connectivity index (χ0) is 20.3. The molecule has 1 spiro atoms. The van der Waals surface area contributed by atoms with Gasteiger partial charge < -0.3 is 25.2 Å². The highest BCUT2D eigenvalue weighted by atomic mass is 35.5. The highest BCUT2D eigenvalue weighted by Gasteiger charge is 2.39. The summed E-state index contributed by atoms with van der Waals surface area (Å²) in [7, 11) is 0. The highest BCUT2D eigenvalue weighted by Crippen LogP contribution is 2.39. The van der Waals surface area contributed by atoms with Crippen LogP contribution in [0.5, 0.6) is 5.75 Å². The van der Waals surface area contributed by atoms with Gasteiger partial charge in [0, 0.05) is 43.1 Å². The number of hydrogen-bond acceptors (Lipinski definition) is 6. The smallest absolute Gasteiger partial charge is 0.123 e. The molecule has 1 unspecified atom stereocenters. The predicted octanol–water partition coefficient (Wildman–Crippen LogP) is 3.23. The van der Waals surface area contributed by atoms with Crippen LogP contribution in [-0.2, 0) is 4.74 Å². The number of anilines is 1. The van der Waals surface area contributed by atoms with E-state index in [1.54, 1.807) is 18.3 Å². The lowest BCUT2D eigenvalue weighted by molar-refractivity contribution is 0.0149. The molecule has 1 aromatic heterocycles. The summed E-state index contributed by atoms with van der Waals surface area (Å²) in [5, 5.41) is 11.1. The molecule has 3 heterocycles. The first-order chi connectivity index (χ1) is 14.0. The van der Waals surface area contributed by atoms with Crippen molar-refractivity contribution in [1.82, 2.24) is 9.88 Å². The van der Waals surface area contributed by atoms with E-state index < -0.39 is 6.10 Å². The number of ether oxygens (including phenoxy) is 2. The summed E-state index contributed by atoms with van der Waals surface area (Å²) >= 11 is 6.26. The van der Waals surface area contributed by atoms with Crippen molar-refractivity contribution in [3.05, 3.63) is 41.6 Å². The van der Waals surface area contributed by atoms with Crippen LogP contribution in [0.3, 0.4) is 0 Å². The number of benzene rings is 1. The zero-order valence-electron chi connectivity index (χ0n) is 16.5. The molecule has 2 fully saturated rings. The number of aliphatic hydroxyl groups is 1. The van der Waals surface area contributed by atoms with Gasteiger partial charge in [0.25, 0.3) is 0 Å². The third kappa shape index (κ3) is 5.20. The monoisotopic (exact) mass is 417 g/mol. The van der Waals surface area contributed by atoms with Crippen LogP contribution in [0.25, 0.3) is 11.1 Å². The summed E-state index contributed by atoms with van der Waals surface area (Å²) in [5.74, 6) is 1.10. The lowest BCUT2D eigenvalue weighted by atomic mass is 9.80. The molecule has 1 atom stereocenters. The Morgan fingerprint density at radius 3 is 2.79 bits per heavy atom. The normalized spacial score (nSPS) is 20.1. The Kier molecular flexibility index (Phi) is 6.25. The number of rotatable bonds is 6. The third-order valence-electron chi connectivity index (χ3n) is 5.97. The molecular formula is C22H28ClN3O3. The molecule has 156 valence electrons. The third-order valence-corrected chi connectivity index (χ3v) is 6.19. The summed E-state index contributed by atoms with van der Waals surface area (Å²) in [5.41, 5.74) is 7.85. The lowest BCUT2D eigenvalue weighted by Gasteiger charge is -2.33. The van der Waals surface area contributed by atoms with E-state index in [0.29, 0.717) is 28.5 Å². The predicted molar refractivity (Wildman–Crippen MR) is 114 cm³/mol. The van der Waals surface area contributed by atoms with Crippen molar-refractivity contribution >= 4 is 17.4 Å². The van der Waals surface area contributed by atoms with Crippen molar-refractivity contribution < 1.29 is 14.6 Å². The first-order valence-electron chi connectivity index (χ1n) is 10.1. The van der Waals surface area contributed by atoms with Crippen LogP contribution in [0.1, 0.15) is 19.3 Å². The average molecular weight is 418 g/mol. The van der Waals surface area contributed by atoms with Gasteiger partial charge in [0.15, 0.2) is 0 Å². The Morgan fingerprint density at radius 2 is 2.03 bits per heavy atom. The summed E-state index contributed by atoms with van der Waals surface area (Å²) in [6.45, 7) is 4.64. The van der Waals surface area contributed by atoms with Gasteiger partial charge >= 0.3 is 0 Å². The molecule has 0 bridgehead atoms. The van der Waals surface area contributed by atoms with Gasteiger partial charge in [0.2, 0.25) is 0 Å². The van der Waals surface area contributed by atoms with Crippen LogP contribution in [0.2, 0.25) is 5.02 Å².